The number of hydrogen-bond donors (Lipinski definition) is 2. The lowest BCUT2D eigenvalue weighted by atomic mass is 9.43. The highest BCUT2D eigenvalue weighted by molar-refractivity contribution is 5.89. The summed E-state index contributed by atoms with van der Waals surface area (Å²) in [5.41, 5.74) is -3.96. The monoisotopic (exact) mass is 854 g/mol. The molecule has 1 aromatic carbocycles. The average molecular weight is 854 g/mol. The van der Waals surface area contributed by atoms with Crippen LogP contribution >= 0.6 is 0 Å². The number of unbranched alkanes of at least 4 members (excludes halogenated alkanes) is 15. The molecule has 5 saturated carbocycles. The van der Waals surface area contributed by atoms with Crippen LogP contribution in [0.5, 0.6) is 0 Å². The van der Waals surface area contributed by atoms with Crippen molar-refractivity contribution in [1.82, 2.24) is 4.90 Å². The lowest BCUT2D eigenvalue weighted by molar-refractivity contribution is -0.317. The van der Waals surface area contributed by atoms with Gasteiger partial charge in [-0.3, -0.25) is 4.79 Å². The Bertz CT molecular complexity index is 1600. The van der Waals surface area contributed by atoms with Crippen LogP contribution in [-0.4, -0.2) is 123 Å². The summed E-state index contributed by atoms with van der Waals surface area (Å²) >= 11 is 0. The van der Waals surface area contributed by atoms with Crippen molar-refractivity contribution >= 4 is 11.9 Å². The van der Waals surface area contributed by atoms with Gasteiger partial charge in [-0.2, -0.15) is 0 Å². The van der Waals surface area contributed by atoms with Gasteiger partial charge in [-0.25, -0.2) is 4.79 Å². The number of carbonyl (C=O) groups excluding carboxylic acids is 2. The minimum absolute atomic E-state index is 0.109. The number of hydrogen-bond acceptors (Lipinski definition) is 11. The molecule has 61 heavy (non-hydrogen) atoms. The first-order valence-corrected chi connectivity index (χ1v) is 24.2. The number of carbonyl (C=O) groups is 2. The second-order valence-electron chi connectivity index (χ2n) is 20.1. The largest absolute Gasteiger partial charge is 0.455 e. The van der Waals surface area contributed by atoms with Crippen molar-refractivity contribution in [3.63, 3.8) is 0 Å². The number of piperidine rings is 1. The lowest BCUT2D eigenvalue weighted by Gasteiger charge is -2.69. The third-order valence-corrected chi connectivity index (χ3v) is 17.0. The Morgan fingerprint density at radius 2 is 1.39 bits per heavy atom. The summed E-state index contributed by atoms with van der Waals surface area (Å²) in [7, 11) is 8.83. The van der Waals surface area contributed by atoms with E-state index in [1.54, 1.807) is 45.6 Å². The van der Waals surface area contributed by atoms with Gasteiger partial charge in [-0.15, -0.1) is 0 Å². The number of benzene rings is 1. The van der Waals surface area contributed by atoms with E-state index >= 15 is 0 Å². The van der Waals surface area contributed by atoms with Crippen LogP contribution in [0.25, 0.3) is 0 Å². The summed E-state index contributed by atoms with van der Waals surface area (Å²) in [5, 5.41) is 26.0. The molecule has 7 bridgehead atoms. The van der Waals surface area contributed by atoms with E-state index in [2.05, 4.69) is 18.9 Å². The predicted molar refractivity (Wildman–Crippen MR) is 233 cm³/mol. The van der Waals surface area contributed by atoms with Gasteiger partial charge < -0.3 is 43.5 Å². The average Bonchev–Trinajstić information content (AvgIpc) is 3.65. The molecule has 1 unspecified atom stereocenters. The topological polar surface area (TPSA) is 133 Å². The maximum atomic E-state index is 14.5. The van der Waals surface area contributed by atoms with Crippen molar-refractivity contribution in [1.29, 1.82) is 0 Å². The van der Waals surface area contributed by atoms with Crippen molar-refractivity contribution in [2.75, 3.05) is 48.6 Å². The van der Waals surface area contributed by atoms with Crippen LogP contribution in [0.1, 0.15) is 146 Å². The molecule has 0 aromatic heterocycles. The normalized spacial score (nSPS) is 39.3. The third-order valence-electron chi connectivity index (χ3n) is 17.0. The van der Waals surface area contributed by atoms with Gasteiger partial charge >= 0.3 is 11.9 Å². The number of methoxy groups -OCH3 is 4. The van der Waals surface area contributed by atoms with Crippen molar-refractivity contribution < 1.29 is 48.2 Å². The number of rotatable bonds is 25. The van der Waals surface area contributed by atoms with E-state index in [0.717, 1.165) is 38.6 Å². The smallest absolute Gasteiger partial charge is 0.338 e. The van der Waals surface area contributed by atoms with Crippen molar-refractivity contribution in [3.8, 4) is 0 Å². The number of nitrogens with zero attached hydrogens (tertiary/aromatic N) is 1. The van der Waals surface area contributed by atoms with Crippen LogP contribution < -0.4 is 0 Å². The molecule has 5 aliphatic carbocycles. The summed E-state index contributed by atoms with van der Waals surface area (Å²) in [4.78, 5) is 31.0. The Kier molecular flexibility index (Phi) is 15.3. The molecule has 14 atom stereocenters. The zero-order valence-corrected chi connectivity index (χ0v) is 38.3. The van der Waals surface area contributed by atoms with Gasteiger partial charge in [0.1, 0.15) is 23.9 Å². The molecule has 7 rings (SSSR count). The van der Waals surface area contributed by atoms with Gasteiger partial charge in [0.25, 0.3) is 0 Å². The highest BCUT2D eigenvalue weighted by atomic mass is 16.6. The van der Waals surface area contributed by atoms with E-state index in [1.165, 1.54) is 84.2 Å². The van der Waals surface area contributed by atoms with Crippen LogP contribution in [0.4, 0.5) is 0 Å². The summed E-state index contributed by atoms with van der Waals surface area (Å²) in [6.45, 7) is 3.51. The fourth-order valence-corrected chi connectivity index (χ4v) is 15.1. The first-order chi connectivity index (χ1) is 29.6. The molecule has 6 aliphatic rings. The Morgan fingerprint density at radius 3 is 1.95 bits per heavy atom. The zero-order chi connectivity index (χ0) is 43.4. The molecule has 1 saturated heterocycles. The highest BCUT2D eigenvalue weighted by Gasteiger charge is 2.91. The van der Waals surface area contributed by atoms with Crippen LogP contribution in [0.15, 0.2) is 30.3 Å². The minimum Gasteiger partial charge on any atom is -0.455 e. The Morgan fingerprint density at radius 1 is 0.787 bits per heavy atom. The maximum Gasteiger partial charge on any atom is 0.338 e. The molecule has 11 nitrogen and oxygen atoms in total. The first kappa shape index (κ1) is 46.9. The number of ether oxygens (including phenoxy) is 6. The summed E-state index contributed by atoms with van der Waals surface area (Å²) in [6.07, 6.45) is 17.4. The van der Waals surface area contributed by atoms with Crippen molar-refractivity contribution in [3.05, 3.63) is 35.9 Å². The second-order valence-corrected chi connectivity index (χ2v) is 20.1. The molecule has 1 aliphatic heterocycles. The maximum absolute atomic E-state index is 14.5. The van der Waals surface area contributed by atoms with E-state index in [4.69, 9.17) is 28.4 Å². The van der Waals surface area contributed by atoms with E-state index in [1.807, 2.05) is 6.07 Å². The van der Waals surface area contributed by atoms with Crippen LogP contribution in [-0.2, 0) is 33.2 Å². The SMILES string of the molecule is CCCCCCCCCCCCCCCCCCC(=O)O[C@]12[C@H]3[C@@H](OC(=O)c4ccccc4)[C@](O)(C[C@H]3[C@@]34C5[C@@H]1[C@H](OC)[C@@H]3[C@@](COC)(CC[C@@H]4OC)CN5C)[C@@H](OC)[C@@H]2O. The van der Waals surface area contributed by atoms with Crippen LogP contribution in [0.3, 0.4) is 0 Å². The molecular weight excluding hydrogens is 775 g/mol. The number of esters is 2. The molecular formula is C50H79NO10. The molecule has 0 amide bonds. The highest BCUT2D eigenvalue weighted by Crippen LogP contribution is 2.80. The van der Waals surface area contributed by atoms with Crippen LogP contribution in [0.2, 0.25) is 0 Å². The fourth-order valence-electron chi connectivity index (χ4n) is 15.1. The summed E-state index contributed by atoms with van der Waals surface area (Å²) < 4.78 is 38.9. The minimum atomic E-state index is -1.77. The number of aliphatic hydroxyl groups excluding tert-OH is 1. The Labute approximate surface area is 366 Å². The zero-order valence-electron chi connectivity index (χ0n) is 38.3. The molecule has 0 radical (unpaired) electrons. The quantitative estimate of drug-likeness (QED) is 0.0735. The standard InChI is InChI=1S/C50H79NO10/c1-7-8-9-10-11-12-13-14-15-16-17-18-19-20-21-25-28-37(52)61-50-38-35(31-48(55,45(59-6)43(50)53)44(38)60-46(54)34-26-23-22-24-27-34)49-36(57-4)29-30-47(33-56-3)32-51(2)42(49)39(50)40(58-5)41(47)49/h22-24,26-27,35-36,38-45,53,55H,7-21,25,28-33H2,1-6H3/t35-,36+,38-,39+,40+,41-,42?,43+,44-,45+,47+,48-,49+,50-/m1/s1. The predicted octanol–water partition coefficient (Wildman–Crippen LogP) is 7.92. The second kappa shape index (κ2) is 20.0. The molecule has 2 N–H and O–H groups in total. The molecule has 344 valence electrons. The molecule has 1 spiro atoms. The van der Waals surface area contributed by atoms with E-state index < -0.39 is 64.8 Å². The first-order valence-electron chi connectivity index (χ1n) is 24.2. The molecule has 1 aromatic rings. The van der Waals surface area contributed by atoms with Gasteiger partial charge in [0, 0.05) is 76.0 Å². The summed E-state index contributed by atoms with van der Waals surface area (Å²) in [5.74, 6) is -2.78. The van der Waals surface area contributed by atoms with Gasteiger partial charge in [0.15, 0.2) is 5.60 Å². The van der Waals surface area contributed by atoms with Gasteiger partial charge in [-0.05, 0) is 50.8 Å². The van der Waals surface area contributed by atoms with Gasteiger partial charge in [-0.1, -0.05) is 121 Å². The molecule has 11 heteroatoms. The van der Waals surface area contributed by atoms with E-state index in [9.17, 15) is 19.8 Å². The number of aliphatic hydroxyl groups is 2. The van der Waals surface area contributed by atoms with Gasteiger partial charge in [0.05, 0.1) is 24.4 Å². The van der Waals surface area contributed by atoms with Crippen molar-refractivity contribution in [2.45, 2.75) is 183 Å². The lowest BCUT2D eigenvalue weighted by Crippen LogP contribution is -2.80. The summed E-state index contributed by atoms with van der Waals surface area (Å²) in [6, 6.07) is 8.54. The Balaban J connectivity index is 1.12. The van der Waals surface area contributed by atoms with Crippen LogP contribution in [0, 0.1) is 34.5 Å². The molecule has 6 fully saturated rings. The third kappa shape index (κ3) is 7.94. The van der Waals surface area contributed by atoms with Crippen molar-refractivity contribution in [2.24, 2.45) is 34.5 Å². The van der Waals surface area contributed by atoms with Gasteiger partial charge in [0.2, 0.25) is 0 Å². The molecule has 1 heterocycles. The fraction of sp³-hybridized carbons (Fsp3) is 0.840. The number of likely N-dealkylation sites (tertiary alicyclic amines) is 1. The number of fused-ring (bicyclic) bond motifs is 2. The van der Waals surface area contributed by atoms with E-state index in [-0.39, 0.29) is 42.2 Å². The van der Waals surface area contributed by atoms with E-state index in [0.29, 0.717) is 18.6 Å². The Hall–Kier alpha value is -2.12.